The highest BCUT2D eigenvalue weighted by atomic mass is 79.9. The molecule has 7 heteroatoms. The molecule has 1 heterocycles. The molecular formula is C18H20BrN3O2S. The Labute approximate surface area is 160 Å². The van der Waals surface area contributed by atoms with Crippen molar-refractivity contribution in [1.29, 1.82) is 0 Å². The van der Waals surface area contributed by atoms with Crippen LogP contribution in [0.1, 0.15) is 19.2 Å². The van der Waals surface area contributed by atoms with E-state index in [-0.39, 0.29) is 0 Å². The Morgan fingerprint density at radius 2 is 2.00 bits per heavy atom. The van der Waals surface area contributed by atoms with Gasteiger partial charge in [0, 0.05) is 24.2 Å². The number of rotatable bonds is 8. The first-order valence-electron chi connectivity index (χ1n) is 8.21. The third-order valence-electron chi connectivity index (χ3n) is 3.85. The number of aromatic amines is 1. The van der Waals surface area contributed by atoms with Crippen molar-refractivity contribution in [3.63, 3.8) is 0 Å². The van der Waals surface area contributed by atoms with Gasteiger partial charge in [-0.2, -0.15) is 5.10 Å². The van der Waals surface area contributed by atoms with E-state index in [1.165, 1.54) is 5.39 Å². The lowest BCUT2D eigenvalue weighted by Gasteiger charge is -2.09. The summed E-state index contributed by atoms with van der Waals surface area (Å²) in [6, 6.07) is 12.2. The highest BCUT2D eigenvalue weighted by Crippen LogP contribution is 2.24. The van der Waals surface area contributed by atoms with Gasteiger partial charge in [-0.05, 0) is 60.6 Å². The Kier molecular flexibility index (Phi) is 6.23. The van der Waals surface area contributed by atoms with E-state index in [4.69, 9.17) is 21.7 Å². The van der Waals surface area contributed by atoms with E-state index in [1.54, 1.807) is 0 Å². The molecule has 0 aliphatic rings. The summed E-state index contributed by atoms with van der Waals surface area (Å²) in [6.45, 7) is 4.56. The Morgan fingerprint density at radius 1 is 1.20 bits per heavy atom. The molecule has 0 aliphatic heterocycles. The van der Waals surface area contributed by atoms with Crippen LogP contribution in [0, 0.1) is 4.77 Å². The van der Waals surface area contributed by atoms with Gasteiger partial charge in [0.05, 0.1) is 0 Å². The molecule has 0 aliphatic carbocycles. The molecule has 3 rings (SSSR count). The number of ether oxygens (including phenoxy) is 2. The molecule has 1 aromatic heterocycles. The lowest BCUT2D eigenvalue weighted by atomic mass is 10.1. The standard InChI is InChI=1S/C18H20BrN3O2S/c1-2-23-9-3-8-22-17(20-21-18(22)25)12-24-16-7-5-13-10-15(19)6-4-14(13)11-16/h4-7,10-11H,2-3,8-9,12H2,1H3,(H,21,25). The van der Waals surface area contributed by atoms with E-state index in [9.17, 15) is 0 Å². The van der Waals surface area contributed by atoms with Crippen LogP contribution < -0.4 is 4.74 Å². The summed E-state index contributed by atoms with van der Waals surface area (Å²) in [7, 11) is 0. The summed E-state index contributed by atoms with van der Waals surface area (Å²) < 4.78 is 14.9. The number of fused-ring (bicyclic) bond motifs is 1. The van der Waals surface area contributed by atoms with Crippen LogP contribution in [0.5, 0.6) is 5.75 Å². The number of aromatic nitrogens is 3. The lowest BCUT2D eigenvalue weighted by molar-refractivity contribution is 0.141. The fourth-order valence-corrected chi connectivity index (χ4v) is 3.21. The number of nitrogens with zero attached hydrogens (tertiary/aromatic N) is 2. The number of hydrogen-bond donors (Lipinski definition) is 1. The fourth-order valence-electron chi connectivity index (χ4n) is 2.59. The Morgan fingerprint density at radius 3 is 2.84 bits per heavy atom. The van der Waals surface area contributed by atoms with Crippen molar-refractivity contribution in [1.82, 2.24) is 14.8 Å². The molecule has 0 saturated heterocycles. The monoisotopic (exact) mass is 421 g/mol. The third kappa shape index (κ3) is 4.68. The molecule has 5 nitrogen and oxygen atoms in total. The van der Waals surface area contributed by atoms with Gasteiger partial charge in [-0.3, -0.25) is 5.10 Å². The normalized spacial score (nSPS) is 11.1. The number of nitrogens with one attached hydrogen (secondary N) is 1. The van der Waals surface area contributed by atoms with Gasteiger partial charge in [-0.1, -0.05) is 28.1 Å². The van der Waals surface area contributed by atoms with Crippen molar-refractivity contribution in [3.05, 3.63) is 51.5 Å². The van der Waals surface area contributed by atoms with E-state index in [0.29, 0.717) is 18.0 Å². The minimum Gasteiger partial charge on any atom is -0.486 e. The van der Waals surface area contributed by atoms with Crippen LogP contribution in [-0.2, 0) is 17.9 Å². The van der Waals surface area contributed by atoms with E-state index < -0.39 is 0 Å². The molecule has 0 amide bonds. The number of H-pyrrole nitrogens is 1. The topological polar surface area (TPSA) is 52.1 Å². The molecule has 2 aromatic carbocycles. The van der Waals surface area contributed by atoms with Crippen LogP contribution in [0.15, 0.2) is 40.9 Å². The summed E-state index contributed by atoms with van der Waals surface area (Å²) in [5.74, 6) is 1.60. The molecule has 0 radical (unpaired) electrons. The largest absolute Gasteiger partial charge is 0.486 e. The molecule has 132 valence electrons. The van der Waals surface area contributed by atoms with Gasteiger partial charge in [0.2, 0.25) is 0 Å². The van der Waals surface area contributed by atoms with Crippen LogP contribution in [0.25, 0.3) is 10.8 Å². The highest BCUT2D eigenvalue weighted by Gasteiger charge is 2.07. The molecule has 0 unspecified atom stereocenters. The predicted octanol–water partition coefficient (Wildman–Crippen LogP) is 4.86. The Balaban J connectivity index is 1.67. The van der Waals surface area contributed by atoms with E-state index in [2.05, 4.69) is 44.3 Å². The summed E-state index contributed by atoms with van der Waals surface area (Å²) >= 11 is 8.79. The summed E-state index contributed by atoms with van der Waals surface area (Å²) in [5.41, 5.74) is 0. The minimum atomic E-state index is 0.365. The highest BCUT2D eigenvalue weighted by molar-refractivity contribution is 9.10. The van der Waals surface area contributed by atoms with E-state index in [0.717, 1.165) is 41.0 Å². The second-order valence-electron chi connectivity index (χ2n) is 5.59. The van der Waals surface area contributed by atoms with Crippen molar-refractivity contribution in [2.75, 3.05) is 13.2 Å². The van der Waals surface area contributed by atoms with Gasteiger partial charge >= 0.3 is 0 Å². The van der Waals surface area contributed by atoms with Gasteiger partial charge in [0.15, 0.2) is 10.6 Å². The fraction of sp³-hybridized carbons (Fsp3) is 0.333. The van der Waals surface area contributed by atoms with Crippen LogP contribution in [0.4, 0.5) is 0 Å². The van der Waals surface area contributed by atoms with Gasteiger partial charge < -0.3 is 14.0 Å². The molecule has 1 N–H and O–H groups in total. The number of benzene rings is 2. The van der Waals surface area contributed by atoms with Gasteiger partial charge in [-0.25, -0.2) is 0 Å². The Hall–Kier alpha value is -1.70. The SMILES string of the molecule is CCOCCCn1c(COc2ccc3cc(Br)ccc3c2)n[nH]c1=S. The van der Waals surface area contributed by atoms with Crippen molar-refractivity contribution in [2.45, 2.75) is 26.5 Å². The molecule has 3 aromatic rings. The van der Waals surface area contributed by atoms with E-state index in [1.807, 2.05) is 29.7 Å². The second-order valence-corrected chi connectivity index (χ2v) is 6.89. The third-order valence-corrected chi connectivity index (χ3v) is 4.66. The zero-order valence-electron chi connectivity index (χ0n) is 14.0. The molecule has 0 bridgehead atoms. The summed E-state index contributed by atoms with van der Waals surface area (Å²) in [5, 5.41) is 9.42. The van der Waals surface area contributed by atoms with Crippen LogP contribution in [0.2, 0.25) is 0 Å². The molecule has 0 atom stereocenters. The molecule has 0 spiro atoms. The first kappa shape index (κ1) is 18.1. The maximum absolute atomic E-state index is 5.92. The average Bonchev–Trinajstić information content (AvgIpc) is 2.97. The zero-order valence-corrected chi connectivity index (χ0v) is 16.4. The van der Waals surface area contributed by atoms with Gasteiger partial charge in [0.25, 0.3) is 0 Å². The molecular weight excluding hydrogens is 402 g/mol. The van der Waals surface area contributed by atoms with Gasteiger partial charge in [-0.15, -0.1) is 0 Å². The average molecular weight is 422 g/mol. The molecule has 25 heavy (non-hydrogen) atoms. The van der Waals surface area contributed by atoms with Crippen molar-refractivity contribution < 1.29 is 9.47 Å². The summed E-state index contributed by atoms with van der Waals surface area (Å²) in [4.78, 5) is 0. The van der Waals surface area contributed by atoms with Crippen molar-refractivity contribution >= 4 is 38.9 Å². The van der Waals surface area contributed by atoms with Crippen LogP contribution in [0.3, 0.4) is 0 Å². The second kappa shape index (κ2) is 8.60. The van der Waals surface area contributed by atoms with Crippen molar-refractivity contribution in [3.8, 4) is 5.75 Å². The smallest absolute Gasteiger partial charge is 0.195 e. The predicted molar refractivity (Wildman–Crippen MR) is 105 cm³/mol. The lowest BCUT2D eigenvalue weighted by Crippen LogP contribution is -2.09. The zero-order chi connectivity index (χ0) is 17.6. The first-order valence-corrected chi connectivity index (χ1v) is 9.41. The quantitative estimate of drug-likeness (QED) is 0.416. The maximum Gasteiger partial charge on any atom is 0.195 e. The van der Waals surface area contributed by atoms with Crippen LogP contribution in [-0.4, -0.2) is 28.0 Å². The molecule has 0 fully saturated rings. The minimum absolute atomic E-state index is 0.365. The summed E-state index contributed by atoms with van der Waals surface area (Å²) in [6.07, 6.45) is 0.888. The maximum atomic E-state index is 5.92. The van der Waals surface area contributed by atoms with Crippen LogP contribution >= 0.6 is 28.1 Å². The Bertz CT molecular complexity index is 907. The van der Waals surface area contributed by atoms with E-state index >= 15 is 0 Å². The molecule has 0 saturated carbocycles. The first-order chi connectivity index (χ1) is 12.2. The number of hydrogen-bond acceptors (Lipinski definition) is 4. The van der Waals surface area contributed by atoms with Gasteiger partial charge in [0.1, 0.15) is 12.4 Å². The van der Waals surface area contributed by atoms with Crippen molar-refractivity contribution in [2.24, 2.45) is 0 Å². The number of halogens is 1.